The van der Waals surface area contributed by atoms with Crippen molar-refractivity contribution in [1.29, 1.82) is 0 Å². The summed E-state index contributed by atoms with van der Waals surface area (Å²) in [5, 5.41) is 19.5. The number of nitro benzene ring substituents is 1. The third-order valence-corrected chi connectivity index (χ3v) is 2.11. The number of nitrogens with zero attached hydrogens (tertiary/aromatic N) is 1. The normalized spacial score (nSPS) is 10.1. The van der Waals surface area contributed by atoms with Crippen molar-refractivity contribution in [2.45, 2.75) is 13.5 Å². The number of halogens is 1. The van der Waals surface area contributed by atoms with Gasteiger partial charge >= 0.3 is 0 Å². The van der Waals surface area contributed by atoms with Crippen LogP contribution < -0.4 is 0 Å². The highest BCUT2D eigenvalue weighted by atomic mass is 35.5. The van der Waals surface area contributed by atoms with E-state index in [0.29, 0.717) is 11.1 Å². The summed E-state index contributed by atoms with van der Waals surface area (Å²) in [6, 6.07) is 2.62. The van der Waals surface area contributed by atoms with Crippen molar-refractivity contribution >= 4 is 17.3 Å². The smallest absolute Gasteiger partial charge is 0.271 e. The van der Waals surface area contributed by atoms with Crippen molar-refractivity contribution in [3.05, 3.63) is 38.4 Å². The fourth-order valence-electron chi connectivity index (χ4n) is 1.06. The highest BCUT2D eigenvalue weighted by Gasteiger charge is 2.11. The molecule has 0 aromatic heterocycles. The third kappa shape index (κ3) is 1.96. The highest BCUT2D eigenvalue weighted by Crippen LogP contribution is 2.25. The molecule has 0 amide bonds. The molecule has 4 nitrogen and oxygen atoms in total. The minimum atomic E-state index is -0.514. The number of hydrogen-bond acceptors (Lipinski definition) is 3. The molecule has 0 radical (unpaired) electrons. The molecule has 0 atom stereocenters. The molecular formula is C8H8ClNO3. The molecule has 0 saturated heterocycles. The highest BCUT2D eigenvalue weighted by molar-refractivity contribution is 6.31. The Bertz CT molecular complexity index is 328. The summed E-state index contributed by atoms with van der Waals surface area (Å²) in [6.45, 7) is 1.47. The molecule has 0 saturated carbocycles. The number of aliphatic hydroxyl groups is 1. The fraction of sp³-hybridized carbons (Fsp3) is 0.250. The van der Waals surface area contributed by atoms with Gasteiger partial charge < -0.3 is 5.11 Å². The van der Waals surface area contributed by atoms with Crippen molar-refractivity contribution in [2.24, 2.45) is 0 Å². The maximum absolute atomic E-state index is 10.4. The SMILES string of the molecule is Cc1cc([N+](=O)[O-])cc(Cl)c1CO. The van der Waals surface area contributed by atoms with E-state index in [4.69, 9.17) is 16.7 Å². The molecule has 5 heteroatoms. The lowest BCUT2D eigenvalue weighted by Gasteiger charge is -2.04. The Labute approximate surface area is 79.9 Å². The lowest BCUT2D eigenvalue weighted by molar-refractivity contribution is -0.384. The average molecular weight is 202 g/mol. The van der Waals surface area contributed by atoms with Crippen molar-refractivity contribution in [1.82, 2.24) is 0 Å². The fourth-order valence-corrected chi connectivity index (χ4v) is 1.38. The minimum absolute atomic E-state index is 0.0558. The van der Waals surface area contributed by atoms with Crippen LogP contribution in [0.15, 0.2) is 12.1 Å². The minimum Gasteiger partial charge on any atom is -0.392 e. The van der Waals surface area contributed by atoms with Crippen molar-refractivity contribution < 1.29 is 10.0 Å². The summed E-state index contributed by atoms with van der Waals surface area (Å²) in [7, 11) is 0. The summed E-state index contributed by atoms with van der Waals surface area (Å²) in [5.41, 5.74) is 1.11. The molecular weight excluding hydrogens is 194 g/mol. The predicted molar refractivity (Wildman–Crippen MR) is 48.8 cm³/mol. The summed E-state index contributed by atoms with van der Waals surface area (Å²) in [6.07, 6.45) is 0. The third-order valence-electron chi connectivity index (χ3n) is 1.77. The largest absolute Gasteiger partial charge is 0.392 e. The van der Waals surface area contributed by atoms with Gasteiger partial charge in [-0.2, -0.15) is 0 Å². The zero-order valence-electron chi connectivity index (χ0n) is 6.95. The number of non-ortho nitro benzene ring substituents is 1. The maximum atomic E-state index is 10.4. The van der Waals surface area contributed by atoms with Crippen LogP contribution in [0.5, 0.6) is 0 Å². The Morgan fingerprint density at radius 3 is 2.62 bits per heavy atom. The molecule has 13 heavy (non-hydrogen) atoms. The van der Waals surface area contributed by atoms with Crippen LogP contribution in [0.1, 0.15) is 11.1 Å². The van der Waals surface area contributed by atoms with Gasteiger partial charge in [-0.1, -0.05) is 11.6 Å². The van der Waals surface area contributed by atoms with Crippen LogP contribution in [0.2, 0.25) is 5.02 Å². The molecule has 0 bridgehead atoms. The number of aliphatic hydroxyl groups excluding tert-OH is 1. The van der Waals surface area contributed by atoms with Crippen molar-refractivity contribution in [3.8, 4) is 0 Å². The Morgan fingerprint density at radius 1 is 1.62 bits per heavy atom. The Hall–Kier alpha value is -1.13. The summed E-state index contributed by atoms with van der Waals surface area (Å²) in [4.78, 5) is 9.88. The van der Waals surface area contributed by atoms with E-state index in [2.05, 4.69) is 0 Å². The van der Waals surface area contributed by atoms with E-state index >= 15 is 0 Å². The monoisotopic (exact) mass is 201 g/mol. The standard InChI is InChI=1S/C8H8ClNO3/c1-5-2-6(10(12)13)3-8(9)7(5)4-11/h2-3,11H,4H2,1H3. The number of hydrogen-bond donors (Lipinski definition) is 1. The van der Waals surface area contributed by atoms with Crippen LogP contribution in [-0.2, 0) is 6.61 Å². The molecule has 0 spiro atoms. The molecule has 0 aliphatic heterocycles. The van der Waals surface area contributed by atoms with E-state index in [1.165, 1.54) is 12.1 Å². The van der Waals surface area contributed by atoms with E-state index in [-0.39, 0.29) is 17.3 Å². The summed E-state index contributed by atoms with van der Waals surface area (Å²) < 4.78 is 0. The van der Waals surface area contributed by atoms with E-state index in [1.54, 1.807) is 6.92 Å². The Balaban J connectivity index is 3.28. The van der Waals surface area contributed by atoms with Gasteiger partial charge in [0.1, 0.15) is 0 Å². The van der Waals surface area contributed by atoms with Crippen LogP contribution in [0, 0.1) is 17.0 Å². The zero-order chi connectivity index (χ0) is 10.0. The second-order valence-electron chi connectivity index (χ2n) is 2.64. The van der Waals surface area contributed by atoms with Gasteiger partial charge in [-0.05, 0) is 18.1 Å². The van der Waals surface area contributed by atoms with Gasteiger partial charge in [-0.25, -0.2) is 0 Å². The Kier molecular flexibility index (Phi) is 2.85. The van der Waals surface area contributed by atoms with Gasteiger partial charge in [0.2, 0.25) is 0 Å². The van der Waals surface area contributed by atoms with Crippen LogP contribution >= 0.6 is 11.6 Å². The molecule has 0 aliphatic carbocycles. The molecule has 1 rings (SSSR count). The molecule has 0 aliphatic rings. The first-order valence-corrected chi connectivity index (χ1v) is 3.98. The van der Waals surface area contributed by atoms with E-state index in [0.717, 1.165) is 0 Å². The number of nitro groups is 1. The molecule has 0 heterocycles. The van der Waals surface area contributed by atoms with E-state index in [9.17, 15) is 10.1 Å². The number of aryl methyl sites for hydroxylation is 1. The van der Waals surface area contributed by atoms with E-state index < -0.39 is 4.92 Å². The predicted octanol–water partition coefficient (Wildman–Crippen LogP) is 2.05. The van der Waals surface area contributed by atoms with E-state index in [1.807, 2.05) is 0 Å². The first-order chi connectivity index (χ1) is 6.06. The molecule has 70 valence electrons. The zero-order valence-corrected chi connectivity index (χ0v) is 7.71. The molecule has 1 N–H and O–H groups in total. The van der Waals surface area contributed by atoms with Crippen LogP contribution in [0.4, 0.5) is 5.69 Å². The molecule has 1 aromatic rings. The summed E-state index contributed by atoms with van der Waals surface area (Å²) >= 11 is 5.71. The molecule has 0 fully saturated rings. The van der Waals surface area contributed by atoms with Gasteiger partial charge in [0.15, 0.2) is 0 Å². The number of rotatable bonds is 2. The van der Waals surface area contributed by atoms with Gasteiger partial charge in [0.05, 0.1) is 16.6 Å². The van der Waals surface area contributed by atoms with Gasteiger partial charge in [0, 0.05) is 12.1 Å². The molecule has 1 aromatic carbocycles. The second-order valence-corrected chi connectivity index (χ2v) is 3.05. The number of benzene rings is 1. The lowest BCUT2D eigenvalue weighted by Crippen LogP contribution is -1.94. The first kappa shape index (κ1) is 9.95. The first-order valence-electron chi connectivity index (χ1n) is 3.60. The van der Waals surface area contributed by atoms with Gasteiger partial charge in [-0.15, -0.1) is 0 Å². The lowest BCUT2D eigenvalue weighted by atomic mass is 10.1. The Morgan fingerprint density at radius 2 is 2.23 bits per heavy atom. The maximum Gasteiger partial charge on any atom is 0.271 e. The summed E-state index contributed by atoms with van der Waals surface area (Å²) in [5.74, 6) is 0. The van der Waals surface area contributed by atoms with Crippen molar-refractivity contribution in [3.63, 3.8) is 0 Å². The van der Waals surface area contributed by atoms with Gasteiger partial charge in [-0.3, -0.25) is 10.1 Å². The van der Waals surface area contributed by atoms with Crippen LogP contribution in [0.25, 0.3) is 0 Å². The van der Waals surface area contributed by atoms with Crippen LogP contribution in [-0.4, -0.2) is 10.0 Å². The quantitative estimate of drug-likeness (QED) is 0.588. The van der Waals surface area contributed by atoms with Crippen LogP contribution in [0.3, 0.4) is 0 Å². The topological polar surface area (TPSA) is 63.4 Å². The van der Waals surface area contributed by atoms with Crippen molar-refractivity contribution in [2.75, 3.05) is 0 Å². The second kappa shape index (κ2) is 3.72. The average Bonchev–Trinajstić information content (AvgIpc) is 2.03. The molecule has 0 unspecified atom stereocenters. The van der Waals surface area contributed by atoms with Gasteiger partial charge in [0.25, 0.3) is 5.69 Å².